The van der Waals surface area contributed by atoms with Crippen LogP contribution >= 0.6 is 0 Å². The van der Waals surface area contributed by atoms with Gasteiger partial charge >= 0.3 is 0 Å². The molecule has 0 amide bonds. The Kier molecular flexibility index (Phi) is 3.88. The van der Waals surface area contributed by atoms with Crippen molar-refractivity contribution in [3.63, 3.8) is 0 Å². The van der Waals surface area contributed by atoms with E-state index >= 15 is 0 Å². The number of aryl methyl sites for hydroxylation is 1. The van der Waals surface area contributed by atoms with Gasteiger partial charge in [0.2, 0.25) is 0 Å². The highest BCUT2D eigenvalue weighted by atomic mass is 28.2. The summed E-state index contributed by atoms with van der Waals surface area (Å²) in [6.07, 6.45) is 4.77. The van der Waals surface area contributed by atoms with Gasteiger partial charge in [-0.3, -0.25) is 0 Å². The summed E-state index contributed by atoms with van der Waals surface area (Å²) in [5.74, 6) is 0. The summed E-state index contributed by atoms with van der Waals surface area (Å²) >= 11 is 0. The first-order valence-corrected chi connectivity index (χ1v) is 8.49. The maximum Gasteiger partial charge on any atom is 0.0948 e. The average Bonchev–Trinajstić information content (AvgIpc) is 2.78. The molecule has 1 aliphatic rings. The Labute approximate surface area is 124 Å². The van der Waals surface area contributed by atoms with E-state index in [4.69, 9.17) is 0 Å². The lowest BCUT2D eigenvalue weighted by Crippen LogP contribution is -2.25. The van der Waals surface area contributed by atoms with Crippen molar-refractivity contribution in [2.75, 3.05) is 0 Å². The third kappa shape index (κ3) is 2.50. The second-order valence-corrected chi connectivity index (χ2v) is 6.91. The summed E-state index contributed by atoms with van der Waals surface area (Å²) in [5.41, 5.74) is 6.55. The van der Waals surface area contributed by atoms with E-state index in [1.165, 1.54) is 35.1 Å². The molecule has 0 bridgehead atoms. The van der Waals surface area contributed by atoms with Gasteiger partial charge in [-0.2, -0.15) is 0 Å². The highest BCUT2D eigenvalue weighted by Gasteiger charge is 2.23. The van der Waals surface area contributed by atoms with Crippen LogP contribution in [0.1, 0.15) is 42.5 Å². The lowest BCUT2D eigenvalue weighted by Gasteiger charge is -2.16. The molecule has 0 fully saturated rings. The Morgan fingerprint density at radius 2 is 1.75 bits per heavy atom. The molecule has 0 nitrogen and oxygen atoms in total. The first kappa shape index (κ1) is 13.4. The van der Waals surface area contributed by atoms with Crippen molar-refractivity contribution in [2.45, 2.75) is 32.2 Å². The number of rotatable bonds is 4. The monoisotopic (exact) mass is 276 g/mol. The van der Waals surface area contributed by atoms with E-state index in [9.17, 15) is 0 Å². The molecule has 0 heterocycles. The molecular weight excluding hydrogens is 256 g/mol. The Balaban J connectivity index is 1.91. The molecule has 0 saturated heterocycles. The topological polar surface area (TPSA) is 0 Å². The summed E-state index contributed by atoms with van der Waals surface area (Å²) in [6.45, 7) is 4.54. The standard InChI is InChI=1S/C19H20Si/c1-3-8-15-9-5-7-12-18(15)20-19-14(2)13-16-10-4-6-11-17(16)19/h4-7,9-13,19H,3,8H2,1-2H3. The van der Waals surface area contributed by atoms with Crippen molar-refractivity contribution >= 4 is 20.8 Å². The van der Waals surface area contributed by atoms with E-state index < -0.39 is 0 Å². The number of fused-ring (bicyclic) bond motifs is 1. The molecule has 0 spiro atoms. The van der Waals surface area contributed by atoms with Crippen molar-refractivity contribution in [3.8, 4) is 0 Å². The summed E-state index contributed by atoms with van der Waals surface area (Å²) in [7, 11) is 0.846. The molecule has 2 radical (unpaired) electrons. The highest BCUT2D eigenvalue weighted by Crippen LogP contribution is 2.34. The molecule has 0 N–H and O–H groups in total. The van der Waals surface area contributed by atoms with Crippen molar-refractivity contribution < 1.29 is 0 Å². The summed E-state index contributed by atoms with van der Waals surface area (Å²) < 4.78 is 0. The van der Waals surface area contributed by atoms with Crippen LogP contribution in [0.2, 0.25) is 0 Å². The Morgan fingerprint density at radius 1 is 1.00 bits per heavy atom. The van der Waals surface area contributed by atoms with E-state index in [1.54, 1.807) is 5.19 Å². The average molecular weight is 276 g/mol. The van der Waals surface area contributed by atoms with Crippen molar-refractivity contribution in [2.24, 2.45) is 0 Å². The molecule has 1 heteroatoms. The van der Waals surface area contributed by atoms with Crippen molar-refractivity contribution in [1.29, 1.82) is 0 Å². The fourth-order valence-corrected chi connectivity index (χ4v) is 4.60. The highest BCUT2D eigenvalue weighted by molar-refractivity contribution is 6.56. The molecule has 1 atom stereocenters. The van der Waals surface area contributed by atoms with Gasteiger partial charge in [-0.1, -0.05) is 78.7 Å². The molecule has 1 aliphatic carbocycles. The molecule has 2 aromatic carbocycles. The van der Waals surface area contributed by atoms with Crippen LogP contribution in [-0.2, 0) is 6.42 Å². The number of hydrogen-bond donors (Lipinski definition) is 0. The van der Waals surface area contributed by atoms with E-state index in [2.05, 4.69) is 68.5 Å². The summed E-state index contributed by atoms with van der Waals surface area (Å²) in [5, 5.41) is 1.55. The first-order chi connectivity index (χ1) is 9.79. The fourth-order valence-electron chi connectivity index (χ4n) is 2.97. The lowest BCUT2D eigenvalue weighted by molar-refractivity contribution is 0.926. The molecular formula is C19H20Si. The van der Waals surface area contributed by atoms with Crippen LogP contribution in [0.5, 0.6) is 0 Å². The van der Waals surface area contributed by atoms with Crippen LogP contribution < -0.4 is 5.19 Å². The van der Waals surface area contributed by atoms with Crippen molar-refractivity contribution in [3.05, 3.63) is 70.8 Å². The SMILES string of the molecule is CCCc1ccccc1[Si]C1C(C)=Cc2ccccc21. The van der Waals surface area contributed by atoms with E-state index in [0.29, 0.717) is 5.54 Å². The molecule has 0 saturated carbocycles. The van der Waals surface area contributed by atoms with Crippen LogP contribution in [0.4, 0.5) is 0 Å². The number of benzene rings is 2. The zero-order valence-corrected chi connectivity index (χ0v) is 13.2. The van der Waals surface area contributed by atoms with Gasteiger partial charge in [0.05, 0.1) is 9.52 Å². The maximum absolute atomic E-state index is 2.36. The number of hydrogen-bond acceptors (Lipinski definition) is 0. The Bertz CT molecular complexity index is 640. The molecule has 0 aromatic heterocycles. The van der Waals surface area contributed by atoms with Gasteiger partial charge in [0.25, 0.3) is 0 Å². The summed E-state index contributed by atoms with van der Waals surface area (Å²) in [4.78, 5) is 0. The molecule has 3 rings (SSSR count). The predicted octanol–water partition coefficient (Wildman–Crippen LogP) is 4.13. The maximum atomic E-state index is 2.36. The lowest BCUT2D eigenvalue weighted by atomic mass is 10.1. The quantitative estimate of drug-likeness (QED) is 0.737. The van der Waals surface area contributed by atoms with Crippen LogP contribution in [0.3, 0.4) is 0 Å². The van der Waals surface area contributed by atoms with Gasteiger partial charge in [-0.15, -0.1) is 0 Å². The van der Waals surface area contributed by atoms with E-state index in [0.717, 1.165) is 9.52 Å². The number of allylic oxidation sites excluding steroid dienone is 1. The smallest absolute Gasteiger partial charge is 0.0680 e. The second kappa shape index (κ2) is 5.80. The molecule has 2 aromatic rings. The third-order valence-electron chi connectivity index (χ3n) is 3.98. The zero-order valence-electron chi connectivity index (χ0n) is 12.2. The Morgan fingerprint density at radius 3 is 2.60 bits per heavy atom. The van der Waals surface area contributed by atoms with E-state index in [-0.39, 0.29) is 0 Å². The fraction of sp³-hybridized carbons (Fsp3) is 0.263. The van der Waals surface area contributed by atoms with Crippen LogP contribution in [0, 0.1) is 0 Å². The summed E-state index contributed by atoms with van der Waals surface area (Å²) in [6, 6.07) is 17.8. The predicted molar refractivity (Wildman–Crippen MR) is 88.7 cm³/mol. The van der Waals surface area contributed by atoms with Crippen LogP contribution in [0.15, 0.2) is 54.1 Å². The van der Waals surface area contributed by atoms with Crippen LogP contribution in [-0.4, -0.2) is 9.52 Å². The first-order valence-electron chi connectivity index (χ1n) is 7.41. The molecule has 0 aliphatic heterocycles. The van der Waals surface area contributed by atoms with Gasteiger partial charge in [0.1, 0.15) is 0 Å². The third-order valence-corrected chi connectivity index (χ3v) is 5.84. The van der Waals surface area contributed by atoms with Gasteiger partial charge in [-0.05, 0) is 30.0 Å². The minimum atomic E-state index is 0.587. The van der Waals surface area contributed by atoms with Gasteiger partial charge in [0, 0.05) is 5.54 Å². The largest absolute Gasteiger partial charge is 0.0948 e. The second-order valence-electron chi connectivity index (χ2n) is 5.50. The van der Waals surface area contributed by atoms with Gasteiger partial charge in [-0.25, -0.2) is 0 Å². The van der Waals surface area contributed by atoms with Gasteiger partial charge in [0.15, 0.2) is 0 Å². The Hall–Kier alpha value is -1.60. The molecule has 1 unspecified atom stereocenters. The van der Waals surface area contributed by atoms with Crippen molar-refractivity contribution in [1.82, 2.24) is 0 Å². The molecule has 100 valence electrons. The van der Waals surface area contributed by atoms with Gasteiger partial charge < -0.3 is 0 Å². The van der Waals surface area contributed by atoms with E-state index in [1.807, 2.05) is 0 Å². The van der Waals surface area contributed by atoms with Crippen LogP contribution in [0.25, 0.3) is 6.08 Å². The normalized spacial score (nSPS) is 16.9. The minimum absolute atomic E-state index is 0.587. The zero-order chi connectivity index (χ0) is 13.9. The minimum Gasteiger partial charge on any atom is -0.0680 e. The molecule has 20 heavy (non-hydrogen) atoms.